The van der Waals surface area contributed by atoms with E-state index >= 15 is 0 Å². The molecular formula is C38H38N6O5. The van der Waals surface area contributed by atoms with Gasteiger partial charge in [0.2, 0.25) is 5.95 Å². The lowest BCUT2D eigenvalue weighted by molar-refractivity contribution is 0.0726. The average molecular weight is 659 g/mol. The van der Waals surface area contributed by atoms with Crippen molar-refractivity contribution < 1.29 is 19.1 Å². The number of ether oxygens (including phenoxy) is 2. The second-order valence-electron chi connectivity index (χ2n) is 12.9. The minimum absolute atomic E-state index is 0.151. The number of carbonyl (C=O) groups is 2. The quantitative estimate of drug-likeness (QED) is 0.251. The van der Waals surface area contributed by atoms with Crippen LogP contribution in [0.5, 0.6) is 0 Å². The van der Waals surface area contributed by atoms with Crippen LogP contribution in [0.4, 0.5) is 16.4 Å². The first-order valence-corrected chi connectivity index (χ1v) is 16.9. The van der Waals surface area contributed by atoms with Crippen LogP contribution in [-0.4, -0.2) is 71.3 Å². The fourth-order valence-corrected chi connectivity index (χ4v) is 7.31. The van der Waals surface area contributed by atoms with Gasteiger partial charge in [-0.3, -0.25) is 19.4 Å². The topological polar surface area (TPSA) is 113 Å². The van der Waals surface area contributed by atoms with E-state index in [9.17, 15) is 14.4 Å². The van der Waals surface area contributed by atoms with E-state index in [-0.39, 0.29) is 30.0 Å². The molecule has 3 aromatic carbocycles. The molecule has 49 heavy (non-hydrogen) atoms. The summed E-state index contributed by atoms with van der Waals surface area (Å²) >= 11 is 0. The third kappa shape index (κ3) is 5.78. The van der Waals surface area contributed by atoms with Gasteiger partial charge in [0.25, 0.3) is 11.5 Å². The molecule has 0 aliphatic carbocycles. The zero-order chi connectivity index (χ0) is 33.5. The van der Waals surface area contributed by atoms with Crippen molar-refractivity contribution in [3.8, 4) is 5.69 Å². The van der Waals surface area contributed by atoms with Crippen LogP contribution >= 0.6 is 0 Å². The number of aromatic nitrogens is 3. The first-order chi connectivity index (χ1) is 24.0. The van der Waals surface area contributed by atoms with E-state index in [1.165, 1.54) is 10.1 Å². The molecule has 0 spiro atoms. The number of hydrogen-bond acceptors (Lipinski definition) is 6. The number of para-hydroxylation sites is 1. The maximum absolute atomic E-state index is 14.4. The lowest BCUT2D eigenvalue weighted by Crippen LogP contribution is -2.43. The van der Waals surface area contributed by atoms with Crippen LogP contribution in [0.1, 0.15) is 51.6 Å². The molecule has 0 unspecified atom stereocenters. The maximum atomic E-state index is 14.4. The molecule has 3 amide bonds. The first-order valence-electron chi connectivity index (χ1n) is 16.9. The molecule has 2 aromatic heterocycles. The number of nitrogens with one attached hydrogen (secondary N) is 1. The molecule has 5 heterocycles. The average Bonchev–Trinajstić information content (AvgIpc) is 3.75. The molecule has 11 heteroatoms. The highest BCUT2D eigenvalue weighted by atomic mass is 16.5. The Bertz CT molecular complexity index is 2100. The van der Waals surface area contributed by atoms with E-state index in [0.29, 0.717) is 61.2 Å². The third-order valence-electron chi connectivity index (χ3n) is 9.87. The van der Waals surface area contributed by atoms with Gasteiger partial charge in [-0.1, -0.05) is 36.4 Å². The predicted molar refractivity (Wildman–Crippen MR) is 187 cm³/mol. The van der Waals surface area contributed by atoms with Crippen LogP contribution in [0, 0.1) is 0 Å². The number of H-pyrrole nitrogens is 1. The Kier molecular flexibility index (Phi) is 8.22. The summed E-state index contributed by atoms with van der Waals surface area (Å²) in [5.74, 6) is 0.545. The highest BCUT2D eigenvalue weighted by Gasteiger charge is 2.36. The Balaban J connectivity index is 1.13. The van der Waals surface area contributed by atoms with Gasteiger partial charge in [0.05, 0.1) is 24.5 Å². The van der Waals surface area contributed by atoms with Gasteiger partial charge in [0, 0.05) is 62.1 Å². The van der Waals surface area contributed by atoms with Crippen molar-refractivity contribution >= 4 is 34.5 Å². The lowest BCUT2D eigenvalue weighted by Gasteiger charge is -2.30. The van der Waals surface area contributed by atoms with Crippen molar-refractivity contribution in [1.29, 1.82) is 0 Å². The summed E-state index contributed by atoms with van der Waals surface area (Å²) < 4.78 is 12.4. The van der Waals surface area contributed by atoms with E-state index < -0.39 is 0 Å². The number of urea groups is 1. The Labute approximate surface area is 283 Å². The van der Waals surface area contributed by atoms with Crippen LogP contribution in [-0.2, 0) is 29.0 Å². The van der Waals surface area contributed by atoms with Crippen molar-refractivity contribution in [2.75, 3.05) is 49.8 Å². The van der Waals surface area contributed by atoms with Crippen molar-refractivity contribution in [2.45, 2.75) is 38.3 Å². The number of hydrogen-bond donors (Lipinski definition) is 1. The summed E-state index contributed by atoms with van der Waals surface area (Å²) in [5.41, 5.74) is 5.77. The van der Waals surface area contributed by atoms with Crippen molar-refractivity contribution in [3.63, 3.8) is 0 Å². The fraction of sp³-hybridized carbons (Fsp3) is 0.316. The number of amides is 3. The van der Waals surface area contributed by atoms with Crippen LogP contribution in [0.3, 0.4) is 0 Å². The SMILES string of the molecule is COCc1cccc(-n2c(N3CCN(c4ccccc4)C3=O)nc3c(c2=O)CCN(C(=O)c2cc4cc(C5CCOCC5)ccc4[nH]2)C3)c1. The Morgan fingerprint density at radius 1 is 0.918 bits per heavy atom. The second kappa shape index (κ2) is 13.0. The monoisotopic (exact) mass is 658 g/mol. The molecule has 0 bridgehead atoms. The standard InChI is InChI=1S/C38H38N6O5/c1-48-24-25-6-5-9-30(20-25)44-35(45)31-12-15-41(23-34(31)40-37(44)43-17-16-42(38(43)47)29-7-3-2-4-8-29)36(46)33-22-28-21-27(10-11-32(28)39-33)26-13-18-49-19-14-26/h2-11,20-22,26,39H,12-19,23-24H2,1H3. The summed E-state index contributed by atoms with van der Waals surface area (Å²) in [4.78, 5) is 55.5. The number of carbonyl (C=O) groups excluding carboxylic acids is 2. The number of rotatable bonds is 7. The molecule has 0 atom stereocenters. The molecule has 0 radical (unpaired) electrons. The summed E-state index contributed by atoms with van der Waals surface area (Å²) in [6.07, 6.45) is 2.35. The van der Waals surface area contributed by atoms with Crippen LogP contribution < -0.4 is 15.4 Å². The van der Waals surface area contributed by atoms with E-state index in [0.717, 1.165) is 48.2 Å². The van der Waals surface area contributed by atoms with Gasteiger partial charge in [0.15, 0.2) is 0 Å². The van der Waals surface area contributed by atoms with Gasteiger partial charge in [-0.15, -0.1) is 0 Å². The summed E-state index contributed by atoms with van der Waals surface area (Å²) in [6, 6.07) is 25.0. The smallest absolute Gasteiger partial charge is 0.331 e. The predicted octanol–water partition coefficient (Wildman–Crippen LogP) is 5.40. The normalized spacial score (nSPS) is 16.8. The van der Waals surface area contributed by atoms with Crippen LogP contribution in [0.2, 0.25) is 0 Å². The van der Waals surface area contributed by atoms with E-state index in [1.54, 1.807) is 21.8 Å². The van der Waals surface area contributed by atoms with Crippen molar-refractivity contribution in [2.24, 2.45) is 0 Å². The highest BCUT2D eigenvalue weighted by molar-refractivity contribution is 6.05. The molecule has 8 rings (SSSR count). The number of fused-ring (bicyclic) bond motifs is 2. The van der Waals surface area contributed by atoms with E-state index in [2.05, 4.69) is 17.1 Å². The number of nitrogens with zero attached hydrogens (tertiary/aromatic N) is 5. The Hall–Kier alpha value is -5.26. The number of anilines is 2. The summed E-state index contributed by atoms with van der Waals surface area (Å²) in [6.45, 7) is 3.25. The minimum Gasteiger partial charge on any atom is -0.381 e. The minimum atomic E-state index is -0.262. The Morgan fingerprint density at radius 3 is 2.53 bits per heavy atom. The van der Waals surface area contributed by atoms with Gasteiger partial charge in [-0.05, 0) is 78.8 Å². The maximum Gasteiger partial charge on any atom is 0.331 e. The summed E-state index contributed by atoms with van der Waals surface area (Å²) in [7, 11) is 1.62. The largest absolute Gasteiger partial charge is 0.381 e. The molecule has 0 saturated carbocycles. The molecule has 2 fully saturated rings. The molecule has 3 aliphatic rings. The zero-order valence-electron chi connectivity index (χ0n) is 27.4. The molecular weight excluding hydrogens is 620 g/mol. The number of methoxy groups -OCH3 is 1. The molecule has 1 N–H and O–H groups in total. The lowest BCUT2D eigenvalue weighted by atomic mass is 9.91. The van der Waals surface area contributed by atoms with Gasteiger partial charge in [0.1, 0.15) is 5.69 Å². The number of benzene rings is 3. The molecule has 250 valence electrons. The van der Waals surface area contributed by atoms with E-state index in [4.69, 9.17) is 14.5 Å². The van der Waals surface area contributed by atoms with Gasteiger partial charge >= 0.3 is 6.03 Å². The Morgan fingerprint density at radius 2 is 1.71 bits per heavy atom. The molecule has 5 aromatic rings. The fourth-order valence-electron chi connectivity index (χ4n) is 7.31. The van der Waals surface area contributed by atoms with E-state index in [1.807, 2.05) is 66.7 Å². The van der Waals surface area contributed by atoms with Crippen molar-refractivity contribution in [1.82, 2.24) is 19.4 Å². The van der Waals surface area contributed by atoms with Crippen LogP contribution in [0.25, 0.3) is 16.6 Å². The molecule has 2 saturated heterocycles. The van der Waals surface area contributed by atoms with Gasteiger partial charge in [-0.2, -0.15) is 0 Å². The highest BCUT2D eigenvalue weighted by Crippen LogP contribution is 2.31. The van der Waals surface area contributed by atoms with Gasteiger partial charge < -0.3 is 19.4 Å². The first kappa shape index (κ1) is 31.0. The number of aromatic amines is 1. The van der Waals surface area contributed by atoms with Crippen molar-refractivity contribution in [3.05, 3.63) is 117 Å². The summed E-state index contributed by atoms with van der Waals surface area (Å²) in [5, 5.41) is 0.999. The molecule has 11 nitrogen and oxygen atoms in total. The van der Waals surface area contributed by atoms with Crippen LogP contribution in [0.15, 0.2) is 83.7 Å². The zero-order valence-corrected chi connectivity index (χ0v) is 27.4. The molecule has 3 aliphatic heterocycles. The second-order valence-corrected chi connectivity index (χ2v) is 12.9. The van der Waals surface area contributed by atoms with Gasteiger partial charge in [-0.25, -0.2) is 14.3 Å². The third-order valence-corrected chi connectivity index (χ3v) is 9.87.